The monoisotopic (exact) mass is 243 g/mol. The van der Waals surface area contributed by atoms with E-state index in [2.05, 4.69) is 4.98 Å². The second-order valence-electron chi connectivity index (χ2n) is 3.91. The molecule has 92 valence electrons. The van der Waals surface area contributed by atoms with Crippen LogP contribution in [-0.2, 0) is 0 Å². The minimum atomic E-state index is -0.967. The Balaban J connectivity index is 2.54. The number of carbonyl (C=O) groups is 1. The van der Waals surface area contributed by atoms with Gasteiger partial charge in [-0.25, -0.2) is 4.79 Å². The number of methoxy groups -OCH3 is 1. The molecule has 1 heterocycles. The van der Waals surface area contributed by atoms with E-state index in [1.54, 1.807) is 18.3 Å². The first-order chi connectivity index (χ1) is 8.61. The lowest BCUT2D eigenvalue weighted by molar-refractivity contribution is 0.0696. The minimum Gasteiger partial charge on any atom is -0.496 e. The van der Waals surface area contributed by atoms with Gasteiger partial charge in [0, 0.05) is 17.5 Å². The van der Waals surface area contributed by atoms with Gasteiger partial charge in [-0.15, -0.1) is 0 Å². The van der Waals surface area contributed by atoms with Crippen LogP contribution >= 0.6 is 0 Å². The van der Waals surface area contributed by atoms with Gasteiger partial charge in [-0.2, -0.15) is 0 Å². The van der Waals surface area contributed by atoms with Crippen LogP contribution in [0.15, 0.2) is 36.5 Å². The number of pyridine rings is 1. The molecule has 2 aromatic rings. The van der Waals surface area contributed by atoms with E-state index in [1.165, 1.54) is 13.2 Å². The molecular formula is C14H13NO3. The predicted molar refractivity (Wildman–Crippen MR) is 67.9 cm³/mol. The zero-order valence-electron chi connectivity index (χ0n) is 10.2. The average molecular weight is 243 g/mol. The molecule has 0 aliphatic heterocycles. The van der Waals surface area contributed by atoms with Gasteiger partial charge in [-0.3, -0.25) is 4.98 Å². The molecule has 2 rings (SSSR count). The molecule has 0 atom stereocenters. The van der Waals surface area contributed by atoms with Crippen molar-refractivity contribution in [3.8, 4) is 16.9 Å². The van der Waals surface area contributed by atoms with Crippen LogP contribution < -0.4 is 4.74 Å². The topological polar surface area (TPSA) is 59.4 Å². The van der Waals surface area contributed by atoms with Gasteiger partial charge in [0.25, 0.3) is 0 Å². The van der Waals surface area contributed by atoms with Crippen molar-refractivity contribution < 1.29 is 14.6 Å². The van der Waals surface area contributed by atoms with Crippen LogP contribution in [0.25, 0.3) is 11.1 Å². The highest BCUT2D eigenvalue weighted by Gasteiger charge is 2.10. The van der Waals surface area contributed by atoms with Crippen LogP contribution in [0, 0.1) is 6.92 Å². The number of carboxylic acids is 1. The Bertz CT molecular complexity index is 593. The Morgan fingerprint density at radius 3 is 2.67 bits per heavy atom. The minimum absolute atomic E-state index is 0.210. The van der Waals surface area contributed by atoms with E-state index in [0.717, 1.165) is 16.8 Å². The van der Waals surface area contributed by atoms with Gasteiger partial charge in [-0.05, 0) is 42.8 Å². The molecule has 0 saturated heterocycles. The molecule has 4 nitrogen and oxygen atoms in total. The number of benzene rings is 1. The van der Waals surface area contributed by atoms with E-state index in [4.69, 9.17) is 9.84 Å². The Labute approximate surface area is 105 Å². The highest BCUT2D eigenvalue weighted by Crippen LogP contribution is 2.30. The third kappa shape index (κ3) is 2.32. The first-order valence-electron chi connectivity index (χ1n) is 5.46. The second kappa shape index (κ2) is 4.87. The van der Waals surface area contributed by atoms with Crippen LogP contribution in [-0.4, -0.2) is 23.2 Å². The first kappa shape index (κ1) is 12.1. The average Bonchev–Trinajstić information content (AvgIpc) is 2.37. The number of aromatic carboxylic acids is 1. The van der Waals surface area contributed by atoms with Crippen molar-refractivity contribution in [1.82, 2.24) is 4.98 Å². The summed E-state index contributed by atoms with van der Waals surface area (Å²) in [6, 6.07) is 8.63. The number of nitrogens with zero attached hydrogens (tertiary/aromatic N) is 1. The quantitative estimate of drug-likeness (QED) is 0.900. The Morgan fingerprint density at radius 1 is 1.28 bits per heavy atom. The van der Waals surface area contributed by atoms with Crippen molar-refractivity contribution in [3.05, 3.63) is 47.8 Å². The van der Waals surface area contributed by atoms with Crippen LogP contribution in [0.2, 0.25) is 0 Å². The zero-order valence-corrected chi connectivity index (χ0v) is 10.2. The fraction of sp³-hybridized carbons (Fsp3) is 0.143. The van der Waals surface area contributed by atoms with E-state index in [9.17, 15) is 4.79 Å². The molecule has 1 N–H and O–H groups in total. The lowest BCUT2D eigenvalue weighted by Gasteiger charge is -2.09. The summed E-state index contributed by atoms with van der Waals surface area (Å²) in [6.45, 7) is 1.90. The van der Waals surface area contributed by atoms with Gasteiger partial charge < -0.3 is 9.84 Å². The standard InChI is InChI=1S/C14H13NO3/c1-9-7-10(5-6-15-9)12-4-3-11(14(16)17)8-13(12)18-2/h3-8H,1-2H3,(H,16,17). The fourth-order valence-corrected chi connectivity index (χ4v) is 1.78. The molecule has 0 aliphatic carbocycles. The second-order valence-corrected chi connectivity index (χ2v) is 3.91. The molecule has 0 aliphatic rings. The normalized spacial score (nSPS) is 10.1. The lowest BCUT2D eigenvalue weighted by atomic mass is 10.0. The van der Waals surface area contributed by atoms with Crippen molar-refractivity contribution in [3.63, 3.8) is 0 Å². The summed E-state index contributed by atoms with van der Waals surface area (Å²) >= 11 is 0. The maximum atomic E-state index is 10.9. The van der Waals surface area contributed by atoms with Gasteiger partial charge in [0.2, 0.25) is 0 Å². The molecule has 1 aromatic carbocycles. The van der Waals surface area contributed by atoms with E-state index in [-0.39, 0.29) is 5.56 Å². The van der Waals surface area contributed by atoms with Crippen LogP contribution in [0.1, 0.15) is 16.1 Å². The van der Waals surface area contributed by atoms with E-state index in [1.807, 2.05) is 19.1 Å². The molecule has 1 aromatic heterocycles. The van der Waals surface area contributed by atoms with Crippen molar-refractivity contribution in [2.45, 2.75) is 6.92 Å². The number of aryl methyl sites for hydroxylation is 1. The summed E-state index contributed by atoms with van der Waals surface area (Å²) in [5.41, 5.74) is 2.92. The summed E-state index contributed by atoms with van der Waals surface area (Å²) in [4.78, 5) is 15.0. The zero-order chi connectivity index (χ0) is 13.1. The molecule has 18 heavy (non-hydrogen) atoms. The molecule has 0 fully saturated rings. The number of ether oxygens (including phenoxy) is 1. The van der Waals surface area contributed by atoms with Gasteiger partial charge in [0.15, 0.2) is 0 Å². The highest BCUT2D eigenvalue weighted by atomic mass is 16.5. The Kier molecular flexibility index (Phi) is 3.28. The maximum Gasteiger partial charge on any atom is 0.335 e. The molecule has 0 radical (unpaired) electrons. The first-order valence-corrected chi connectivity index (χ1v) is 5.46. The SMILES string of the molecule is COc1cc(C(=O)O)ccc1-c1ccnc(C)c1. The number of aromatic nitrogens is 1. The fourth-order valence-electron chi connectivity index (χ4n) is 1.78. The van der Waals surface area contributed by atoms with Crippen LogP contribution in [0.4, 0.5) is 0 Å². The van der Waals surface area contributed by atoms with Crippen molar-refractivity contribution >= 4 is 5.97 Å². The maximum absolute atomic E-state index is 10.9. The van der Waals surface area contributed by atoms with Crippen molar-refractivity contribution in [2.24, 2.45) is 0 Å². The summed E-state index contributed by atoms with van der Waals surface area (Å²) in [5, 5.41) is 8.94. The lowest BCUT2D eigenvalue weighted by Crippen LogP contribution is -1.98. The largest absolute Gasteiger partial charge is 0.496 e. The molecule has 0 unspecified atom stereocenters. The van der Waals surface area contributed by atoms with E-state index >= 15 is 0 Å². The Hall–Kier alpha value is -2.36. The summed E-state index contributed by atoms with van der Waals surface area (Å²) in [6.07, 6.45) is 1.72. The molecule has 0 bridgehead atoms. The number of hydrogen-bond acceptors (Lipinski definition) is 3. The molecule has 4 heteroatoms. The van der Waals surface area contributed by atoms with Gasteiger partial charge in [0.1, 0.15) is 5.75 Å². The number of rotatable bonds is 3. The molecule has 0 amide bonds. The van der Waals surface area contributed by atoms with E-state index in [0.29, 0.717) is 5.75 Å². The summed E-state index contributed by atoms with van der Waals surface area (Å²) < 4.78 is 5.25. The summed E-state index contributed by atoms with van der Waals surface area (Å²) in [7, 11) is 1.53. The molecular weight excluding hydrogens is 230 g/mol. The van der Waals surface area contributed by atoms with Gasteiger partial charge in [-0.1, -0.05) is 0 Å². The highest BCUT2D eigenvalue weighted by molar-refractivity contribution is 5.89. The van der Waals surface area contributed by atoms with Crippen molar-refractivity contribution in [2.75, 3.05) is 7.11 Å². The Morgan fingerprint density at radius 2 is 2.06 bits per heavy atom. The van der Waals surface area contributed by atoms with Crippen LogP contribution in [0.3, 0.4) is 0 Å². The number of carboxylic acid groups (broad SMARTS) is 1. The summed E-state index contributed by atoms with van der Waals surface area (Å²) in [5.74, 6) is -0.425. The van der Waals surface area contributed by atoms with Gasteiger partial charge in [0.05, 0.1) is 12.7 Å². The third-order valence-corrected chi connectivity index (χ3v) is 2.66. The third-order valence-electron chi connectivity index (χ3n) is 2.66. The van der Waals surface area contributed by atoms with Gasteiger partial charge >= 0.3 is 5.97 Å². The predicted octanol–water partition coefficient (Wildman–Crippen LogP) is 2.76. The molecule has 0 spiro atoms. The van der Waals surface area contributed by atoms with E-state index < -0.39 is 5.97 Å². The van der Waals surface area contributed by atoms with Crippen LogP contribution in [0.5, 0.6) is 5.75 Å². The van der Waals surface area contributed by atoms with Crippen molar-refractivity contribution in [1.29, 1.82) is 0 Å². The molecule has 0 saturated carbocycles. The smallest absolute Gasteiger partial charge is 0.335 e. The number of hydrogen-bond donors (Lipinski definition) is 1.